The third-order valence-corrected chi connectivity index (χ3v) is 3.95. The number of fused-ring (bicyclic) bond motifs is 1. The number of aromatic carboxylic acids is 1. The summed E-state index contributed by atoms with van der Waals surface area (Å²) in [4.78, 5) is 25.3. The highest BCUT2D eigenvalue weighted by atomic mass is 32.2. The number of carboxylic acids is 1. The Morgan fingerprint density at radius 2 is 2.10 bits per heavy atom. The van der Waals surface area contributed by atoms with Gasteiger partial charge >= 0.3 is 11.7 Å². The number of benzene rings is 1. The number of carbonyl (C=O) groups is 1. The molecule has 1 aromatic carbocycles. The molecule has 0 spiro atoms. The fourth-order valence-electron chi connectivity index (χ4n) is 1.99. The number of aryl methyl sites for hydroxylation is 1. The van der Waals surface area contributed by atoms with Crippen molar-refractivity contribution in [1.82, 2.24) is 9.55 Å². The van der Waals surface area contributed by atoms with Crippen molar-refractivity contribution >= 4 is 26.8 Å². The minimum absolute atomic E-state index is 0.0231. The molecule has 0 saturated heterocycles. The van der Waals surface area contributed by atoms with Gasteiger partial charge in [-0.05, 0) is 24.6 Å². The highest BCUT2D eigenvalue weighted by molar-refractivity contribution is 7.90. The summed E-state index contributed by atoms with van der Waals surface area (Å²) in [6, 6.07) is 4.32. The summed E-state index contributed by atoms with van der Waals surface area (Å²) in [5, 5.41) is 8.95. The second-order valence-electron chi connectivity index (χ2n) is 4.60. The molecule has 1 heterocycles. The summed E-state index contributed by atoms with van der Waals surface area (Å²) in [5.74, 6) is -1.10. The number of hydrogen-bond acceptors (Lipinski definition) is 4. The SMILES string of the molecule is CS(=O)(=O)CCCn1c(=O)[nH]c2ccc(C(=O)O)cc21. The van der Waals surface area contributed by atoms with Gasteiger partial charge in [0.05, 0.1) is 22.3 Å². The van der Waals surface area contributed by atoms with Gasteiger partial charge in [0.15, 0.2) is 0 Å². The fraction of sp³-hybridized carbons (Fsp3) is 0.333. The van der Waals surface area contributed by atoms with E-state index in [0.717, 1.165) is 6.26 Å². The van der Waals surface area contributed by atoms with Crippen molar-refractivity contribution in [2.45, 2.75) is 13.0 Å². The monoisotopic (exact) mass is 298 g/mol. The second kappa shape index (κ2) is 5.12. The normalized spacial score (nSPS) is 11.8. The number of nitrogens with one attached hydrogen (secondary N) is 1. The molecule has 8 heteroatoms. The van der Waals surface area contributed by atoms with Crippen LogP contribution in [0.3, 0.4) is 0 Å². The van der Waals surface area contributed by atoms with Gasteiger partial charge in [-0.25, -0.2) is 18.0 Å². The highest BCUT2D eigenvalue weighted by Gasteiger charge is 2.11. The molecule has 7 nitrogen and oxygen atoms in total. The van der Waals surface area contributed by atoms with Gasteiger partial charge in [-0.2, -0.15) is 0 Å². The maximum atomic E-state index is 11.8. The number of aromatic amines is 1. The number of imidazole rings is 1. The smallest absolute Gasteiger partial charge is 0.335 e. The van der Waals surface area contributed by atoms with Crippen LogP contribution in [0.2, 0.25) is 0 Å². The van der Waals surface area contributed by atoms with E-state index in [1.165, 1.54) is 22.8 Å². The molecule has 108 valence electrons. The Balaban J connectivity index is 2.36. The molecular formula is C12H14N2O5S. The van der Waals surface area contributed by atoms with Crippen LogP contribution in [0, 0.1) is 0 Å². The third-order valence-electron chi connectivity index (χ3n) is 2.92. The highest BCUT2D eigenvalue weighted by Crippen LogP contribution is 2.13. The lowest BCUT2D eigenvalue weighted by Gasteiger charge is -2.03. The summed E-state index contributed by atoms with van der Waals surface area (Å²) >= 11 is 0. The molecule has 20 heavy (non-hydrogen) atoms. The van der Waals surface area contributed by atoms with Crippen molar-refractivity contribution in [3.8, 4) is 0 Å². The molecule has 0 aliphatic heterocycles. The van der Waals surface area contributed by atoms with E-state index in [9.17, 15) is 18.0 Å². The Labute approximate surface area is 114 Å². The topological polar surface area (TPSA) is 109 Å². The van der Waals surface area contributed by atoms with Crippen LogP contribution in [0.4, 0.5) is 0 Å². The Morgan fingerprint density at radius 1 is 1.40 bits per heavy atom. The predicted molar refractivity (Wildman–Crippen MR) is 73.8 cm³/mol. The van der Waals surface area contributed by atoms with Gasteiger partial charge in [0.2, 0.25) is 0 Å². The summed E-state index contributed by atoms with van der Waals surface area (Å²) < 4.78 is 23.5. The zero-order valence-corrected chi connectivity index (χ0v) is 11.6. The first-order valence-electron chi connectivity index (χ1n) is 5.91. The Kier molecular flexibility index (Phi) is 3.67. The lowest BCUT2D eigenvalue weighted by molar-refractivity contribution is 0.0697. The first-order valence-corrected chi connectivity index (χ1v) is 7.97. The van der Waals surface area contributed by atoms with Crippen LogP contribution < -0.4 is 5.69 Å². The number of sulfone groups is 1. The first-order chi connectivity index (χ1) is 9.28. The van der Waals surface area contributed by atoms with Crippen LogP contribution in [0.15, 0.2) is 23.0 Å². The van der Waals surface area contributed by atoms with Gasteiger partial charge in [0.1, 0.15) is 9.84 Å². The third kappa shape index (κ3) is 3.08. The van der Waals surface area contributed by atoms with Gasteiger partial charge in [-0.1, -0.05) is 0 Å². The van der Waals surface area contributed by atoms with Crippen molar-refractivity contribution in [3.05, 3.63) is 34.2 Å². The predicted octanol–water partition coefficient (Wildman–Crippen LogP) is 0.462. The molecule has 0 saturated carbocycles. The summed E-state index contributed by atoms with van der Waals surface area (Å²) in [5.41, 5.74) is 0.687. The lowest BCUT2D eigenvalue weighted by atomic mass is 10.2. The molecule has 0 aliphatic rings. The van der Waals surface area contributed by atoms with Crippen LogP contribution in [0.25, 0.3) is 11.0 Å². The van der Waals surface area contributed by atoms with E-state index in [1.807, 2.05) is 0 Å². The first kappa shape index (κ1) is 14.3. The molecule has 0 amide bonds. The van der Waals surface area contributed by atoms with Gasteiger partial charge in [-0.3, -0.25) is 4.57 Å². The van der Waals surface area contributed by atoms with E-state index >= 15 is 0 Å². The maximum absolute atomic E-state index is 11.8. The summed E-state index contributed by atoms with van der Waals surface area (Å²) in [6.07, 6.45) is 1.43. The second-order valence-corrected chi connectivity index (χ2v) is 6.86. The van der Waals surface area contributed by atoms with E-state index in [1.54, 1.807) is 0 Å². The van der Waals surface area contributed by atoms with E-state index in [-0.39, 0.29) is 23.6 Å². The van der Waals surface area contributed by atoms with Crippen molar-refractivity contribution in [1.29, 1.82) is 0 Å². The van der Waals surface area contributed by atoms with E-state index in [0.29, 0.717) is 17.5 Å². The molecule has 2 rings (SSSR count). The van der Waals surface area contributed by atoms with Crippen LogP contribution in [-0.2, 0) is 16.4 Å². The molecular weight excluding hydrogens is 284 g/mol. The molecule has 0 atom stereocenters. The standard InChI is InChI=1S/C12H14N2O5S/c1-20(18,19)6-2-5-14-10-7-8(11(15)16)3-4-9(10)13-12(14)17/h3-4,7H,2,5-6H2,1H3,(H,13,17)(H,15,16). The van der Waals surface area contributed by atoms with Gasteiger partial charge in [0, 0.05) is 12.8 Å². The summed E-state index contributed by atoms with van der Waals surface area (Å²) in [6.45, 7) is 0.217. The van der Waals surface area contributed by atoms with Crippen LogP contribution in [0.5, 0.6) is 0 Å². The van der Waals surface area contributed by atoms with Gasteiger partial charge in [-0.15, -0.1) is 0 Å². The molecule has 2 aromatic rings. The molecule has 0 bridgehead atoms. The van der Waals surface area contributed by atoms with E-state index < -0.39 is 15.8 Å². The lowest BCUT2D eigenvalue weighted by Crippen LogP contribution is -2.18. The minimum atomic E-state index is -3.08. The van der Waals surface area contributed by atoms with Crippen LogP contribution in [0.1, 0.15) is 16.8 Å². The Morgan fingerprint density at radius 3 is 2.70 bits per heavy atom. The van der Waals surface area contributed by atoms with Gasteiger partial charge < -0.3 is 10.1 Å². The fourth-order valence-corrected chi connectivity index (χ4v) is 2.65. The molecule has 0 radical (unpaired) electrons. The average molecular weight is 298 g/mol. The number of carboxylic acid groups (broad SMARTS) is 1. The van der Waals surface area contributed by atoms with Gasteiger partial charge in [0.25, 0.3) is 0 Å². The van der Waals surface area contributed by atoms with Crippen molar-refractivity contribution in [2.75, 3.05) is 12.0 Å². The number of aromatic nitrogens is 2. The van der Waals surface area contributed by atoms with E-state index in [2.05, 4.69) is 4.98 Å². The molecule has 2 N–H and O–H groups in total. The number of nitrogens with zero attached hydrogens (tertiary/aromatic N) is 1. The molecule has 0 unspecified atom stereocenters. The molecule has 0 aliphatic carbocycles. The van der Waals surface area contributed by atoms with Crippen molar-refractivity contribution in [2.24, 2.45) is 0 Å². The van der Waals surface area contributed by atoms with E-state index in [4.69, 9.17) is 5.11 Å². The van der Waals surface area contributed by atoms with Crippen LogP contribution >= 0.6 is 0 Å². The van der Waals surface area contributed by atoms with Crippen LogP contribution in [-0.4, -0.2) is 41.1 Å². The quantitative estimate of drug-likeness (QED) is 0.833. The number of H-pyrrole nitrogens is 1. The summed E-state index contributed by atoms with van der Waals surface area (Å²) in [7, 11) is -3.08. The van der Waals surface area contributed by atoms with Crippen molar-refractivity contribution < 1.29 is 18.3 Å². The number of rotatable bonds is 5. The zero-order valence-electron chi connectivity index (χ0n) is 10.8. The molecule has 0 fully saturated rings. The largest absolute Gasteiger partial charge is 0.478 e. The minimum Gasteiger partial charge on any atom is -0.478 e. The Hall–Kier alpha value is -2.09. The van der Waals surface area contributed by atoms with Crippen molar-refractivity contribution in [3.63, 3.8) is 0 Å². The zero-order chi connectivity index (χ0) is 14.9. The Bertz CT molecular complexity index is 816. The molecule has 1 aromatic heterocycles. The number of hydrogen-bond donors (Lipinski definition) is 2. The maximum Gasteiger partial charge on any atom is 0.335 e. The average Bonchev–Trinajstić information content (AvgIpc) is 2.63.